The minimum atomic E-state index is -3.80. The van der Waals surface area contributed by atoms with Crippen LogP contribution in [-0.2, 0) is 19.6 Å². The summed E-state index contributed by atoms with van der Waals surface area (Å²) in [6.45, 7) is 4.10. The van der Waals surface area contributed by atoms with E-state index in [4.69, 9.17) is 9.47 Å². The zero-order chi connectivity index (χ0) is 23.3. The number of nitrogens with one attached hydrogen (secondary N) is 2. The van der Waals surface area contributed by atoms with Crippen molar-refractivity contribution in [1.29, 1.82) is 0 Å². The van der Waals surface area contributed by atoms with E-state index in [0.29, 0.717) is 18.8 Å². The number of sulfonamides is 1. The van der Waals surface area contributed by atoms with E-state index in [1.54, 1.807) is 13.0 Å². The number of hydrogen-bond acceptors (Lipinski definition) is 6. The average molecular weight is 466 g/mol. The van der Waals surface area contributed by atoms with Crippen LogP contribution in [0.5, 0.6) is 5.75 Å². The number of rotatable bonds is 6. The number of ether oxygens (including phenoxy) is 2. The smallest absolute Gasteiger partial charge is 0.279 e. The Morgan fingerprint density at radius 2 is 1.81 bits per heavy atom. The Labute approximate surface area is 185 Å². The zero-order valence-corrected chi connectivity index (χ0v) is 18.4. The molecule has 32 heavy (non-hydrogen) atoms. The molecule has 2 aromatic rings. The van der Waals surface area contributed by atoms with Crippen LogP contribution in [0.4, 0.5) is 4.39 Å². The zero-order valence-electron chi connectivity index (χ0n) is 17.6. The van der Waals surface area contributed by atoms with Gasteiger partial charge in [-0.1, -0.05) is 18.2 Å². The lowest BCUT2D eigenvalue weighted by atomic mass is 10.1. The van der Waals surface area contributed by atoms with Crippen LogP contribution < -0.4 is 15.6 Å². The van der Waals surface area contributed by atoms with Crippen molar-refractivity contribution in [2.45, 2.75) is 24.8 Å². The molecule has 1 saturated heterocycles. The molecule has 172 valence electrons. The molecule has 0 spiro atoms. The molecule has 0 saturated carbocycles. The third-order valence-corrected chi connectivity index (χ3v) is 6.89. The van der Waals surface area contributed by atoms with Crippen molar-refractivity contribution >= 4 is 21.8 Å². The number of carbonyl (C=O) groups is 2. The van der Waals surface area contributed by atoms with E-state index in [-0.39, 0.29) is 29.3 Å². The van der Waals surface area contributed by atoms with E-state index in [9.17, 15) is 22.4 Å². The first-order valence-electron chi connectivity index (χ1n) is 9.90. The van der Waals surface area contributed by atoms with Crippen LogP contribution in [0.15, 0.2) is 47.4 Å². The first kappa shape index (κ1) is 23.6. The molecule has 1 heterocycles. The van der Waals surface area contributed by atoms with E-state index < -0.39 is 33.8 Å². The summed E-state index contributed by atoms with van der Waals surface area (Å²) in [7, 11) is -3.80. The highest BCUT2D eigenvalue weighted by molar-refractivity contribution is 7.89. The highest BCUT2D eigenvalue weighted by Gasteiger charge is 2.28. The fourth-order valence-electron chi connectivity index (χ4n) is 3.02. The molecule has 1 aliphatic rings. The molecule has 2 amide bonds. The Hall–Kier alpha value is -3.02. The maximum absolute atomic E-state index is 13.7. The summed E-state index contributed by atoms with van der Waals surface area (Å²) in [5, 5.41) is 0. The highest BCUT2D eigenvalue weighted by atomic mass is 32.2. The number of para-hydroxylation sites is 1. The van der Waals surface area contributed by atoms with Gasteiger partial charge in [-0.05, 0) is 43.7 Å². The number of halogens is 1. The maximum atomic E-state index is 13.7. The fourth-order valence-corrected chi connectivity index (χ4v) is 4.68. The molecule has 0 bridgehead atoms. The number of morpholine rings is 1. The third kappa shape index (κ3) is 5.42. The number of amides is 2. The molecule has 0 aliphatic carbocycles. The first-order valence-corrected chi connectivity index (χ1v) is 11.3. The van der Waals surface area contributed by atoms with Gasteiger partial charge >= 0.3 is 0 Å². The van der Waals surface area contributed by atoms with Gasteiger partial charge in [-0.3, -0.25) is 20.4 Å². The normalized spacial score (nSPS) is 15.6. The fraction of sp³-hybridized carbons (Fsp3) is 0.333. The second-order valence-electron chi connectivity index (χ2n) is 7.13. The Bertz CT molecular complexity index is 1100. The summed E-state index contributed by atoms with van der Waals surface area (Å²) >= 11 is 0. The van der Waals surface area contributed by atoms with Gasteiger partial charge in [-0.15, -0.1) is 0 Å². The average Bonchev–Trinajstić information content (AvgIpc) is 2.79. The summed E-state index contributed by atoms with van der Waals surface area (Å²) in [6, 6.07) is 9.86. The summed E-state index contributed by atoms with van der Waals surface area (Å²) in [5.41, 5.74) is 4.95. The minimum Gasteiger partial charge on any atom is -0.478 e. The Balaban J connectivity index is 1.66. The summed E-state index contributed by atoms with van der Waals surface area (Å²) in [6.07, 6.45) is -1.09. The first-order chi connectivity index (χ1) is 15.2. The van der Waals surface area contributed by atoms with Gasteiger partial charge < -0.3 is 9.47 Å². The molecule has 9 nitrogen and oxygen atoms in total. The van der Waals surface area contributed by atoms with Gasteiger partial charge in [-0.2, -0.15) is 4.31 Å². The number of hydrogen-bond donors (Lipinski definition) is 2. The number of benzene rings is 2. The lowest BCUT2D eigenvalue weighted by molar-refractivity contribution is -0.128. The van der Waals surface area contributed by atoms with Gasteiger partial charge in [0.2, 0.25) is 10.0 Å². The van der Waals surface area contributed by atoms with Crippen molar-refractivity contribution < 1.29 is 31.9 Å². The van der Waals surface area contributed by atoms with E-state index in [0.717, 1.165) is 0 Å². The van der Waals surface area contributed by atoms with Crippen molar-refractivity contribution in [3.8, 4) is 5.75 Å². The largest absolute Gasteiger partial charge is 0.478 e. The predicted octanol–water partition coefficient (Wildman–Crippen LogP) is 1.38. The van der Waals surface area contributed by atoms with Crippen molar-refractivity contribution in [3.63, 3.8) is 0 Å². The van der Waals surface area contributed by atoms with Crippen LogP contribution in [0.3, 0.4) is 0 Å². The van der Waals surface area contributed by atoms with E-state index in [1.165, 1.54) is 47.6 Å². The number of aryl methyl sites for hydroxylation is 1. The van der Waals surface area contributed by atoms with E-state index >= 15 is 0 Å². The third-order valence-electron chi connectivity index (χ3n) is 4.85. The summed E-state index contributed by atoms with van der Waals surface area (Å²) < 4.78 is 51.4. The lowest BCUT2D eigenvalue weighted by Crippen LogP contribution is -2.47. The molecule has 0 aromatic heterocycles. The standard InChI is InChI=1S/C21H24FN3O6S/c1-14-7-8-16(13-19(14)32(28,29)25-9-11-30-12-10-25)21(27)24-23-20(26)15(2)31-18-6-4-3-5-17(18)22/h3-8,13,15H,9-12H2,1-2H3,(H,23,26)(H,24,27)/t15-/m1/s1. The van der Waals surface area contributed by atoms with E-state index in [2.05, 4.69) is 10.9 Å². The summed E-state index contributed by atoms with van der Waals surface area (Å²) in [5.74, 6) is -2.15. The van der Waals surface area contributed by atoms with Gasteiger partial charge in [0, 0.05) is 18.7 Å². The van der Waals surface area contributed by atoms with Crippen LogP contribution >= 0.6 is 0 Å². The quantitative estimate of drug-likeness (QED) is 0.623. The highest BCUT2D eigenvalue weighted by Crippen LogP contribution is 2.22. The summed E-state index contributed by atoms with van der Waals surface area (Å²) in [4.78, 5) is 24.7. The van der Waals surface area contributed by atoms with Gasteiger partial charge in [0.1, 0.15) is 0 Å². The van der Waals surface area contributed by atoms with Crippen LogP contribution in [0, 0.1) is 12.7 Å². The van der Waals surface area contributed by atoms with Crippen molar-refractivity contribution in [3.05, 3.63) is 59.4 Å². The number of nitrogens with zero attached hydrogens (tertiary/aromatic N) is 1. The molecule has 2 aromatic carbocycles. The molecule has 11 heteroatoms. The van der Waals surface area contributed by atoms with Crippen LogP contribution in [0.25, 0.3) is 0 Å². The molecule has 2 N–H and O–H groups in total. The predicted molar refractivity (Wildman–Crippen MR) is 113 cm³/mol. The van der Waals surface area contributed by atoms with Gasteiger partial charge in [0.15, 0.2) is 17.7 Å². The molecule has 1 atom stereocenters. The second-order valence-corrected chi connectivity index (χ2v) is 9.04. The lowest BCUT2D eigenvalue weighted by Gasteiger charge is -2.26. The molecule has 1 aliphatic heterocycles. The minimum absolute atomic E-state index is 0.00892. The molecule has 3 rings (SSSR count). The van der Waals surface area contributed by atoms with Gasteiger partial charge in [-0.25, -0.2) is 12.8 Å². The Morgan fingerprint density at radius 3 is 2.50 bits per heavy atom. The Morgan fingerprint density at radius 1 is 1.12 bits per heavy atom. The van der Waals surface area contributed by atoms with Crippen LogP contribution in [0.2, 0.25) is 0 Å². The van der Waals surface area contributed by atoms with Gasteiger partial charge in [0.25, 0.3) is 11.8 Å². The van der Waals surface area contributed by atoms with E-state index in [1.807, 2.05) is 0 Å². The second kappa shape index (κ2) is 10.1. The molecular weight excluding hydrogens is 441 g/mol. The van der Waals surface area contributed by atoms with Crippen molar-refractivity contribution in [1.82, 2.24) is 15.2 Å². The molecular formula is C21H24FN3O6S. The van der Waals surface area contributed by atoms with Gasteiger partial charge in [0.05, 0.1) is 18.1 Å². The molecule has 0 unspecified atom stereocenters. The monoisotopic (exact) mass is 465 g/mol. The van der Waals surface area contributed by atoms with Crippen molar-refractivity contribution in [2.75, 3.05) is 26.3 Å². The molecule has 1 fully saturated rings. The number of hydrazine groups is 1. The SMILES string of the molecule is Cc1ccc(C(=O)NNC(=O)[C@@H](C)Oc2ccccc2F)cc1S(=O)(=O)N1CCOCC1. The van der Waals surface area contributed by atoms with Crippen LogP contribution in [0.1, 0.15) is 22.8 Å². The number of carbonyl (C=O) groups excluding carboxylic acids is 2. The topological polar surface area (TPSA) is 114 Å². The van der Waals surface area contributed by atoms with Crippen LogP contribution in [-0.4, -0.2) is 56.9 Å². The maximum Gasteiger partial charge on any atom is 0.279 e. The van der Waals surface area contributed by atoms with Crippen molar-refractivity contribution in [2.24, 2.45) is 0 Å². The Kier molecular flexibility index (Phi) is 7.44. The molecule has 0 radical (unpaired) electrons.